The van der Waals surface area contributed by atoms with Crippen LogP contribution in [0, 0.1) is 5.92 Å². The molecule has 0 spiro atoms. The van der Waals surface area contributed by atoms with Crippen LogP contribution in [0.15, 0.2) is 18.3 Å². The van der Waals surface area contributed by atoms with Crippen molar-refractivity contribution in [2.75, 3.05) is 25.0 Å². The zero-order chi connectivity index (χ0) is 12.1. The van der Waals surface area contributed by atoms with Crippen LogP contribution >= 0.6 is 0 Å². The van der Waals surface area contributed by atoms with E-state index in [4.69, 9.17) is 0 Å². The number of hydrogen-bond donors (Lipinski definition) is 1. The predicted octanol–water partition coefficient (Wildman–Crippen LogP) is 2.43. The lowest BCUT2D eigenvalue weighted by molar-refractivity contribution is 0.318. The lowest BCUT2D eigenvalue weighted by Gasteiger charge is -2.32. The van der Waals surface area contributed by atoms with Gasteiger partial charge in [-0.2, -0.15) is 0 Å². The van der Waals surface area contributed by atoms with Gasteiger partial charge in [0.15, 0.2) is 0 Å². The fourth-order valence-electron chi connectivity index (χ4n) is 2.32. The van der Waals surface area contributed by atoms with E-state index in [1.807, 2.05) is 13.2 Å². The second-order valence-electron chi connectivity index (χ2n) is 4.89. The Kier molecular flexibility index (Phi) is 4.37. The molecule has 1 aromatic rings. The summed E-state index contributed by atoms with van der Waals surface area (Å²) < 4.78 is 0. The van der Waals surface area contributed by atoms with Crippen molar-refractivity contribution in [3.63, 3.8) is 0 Å². The highest BCUT2D eigenvalue weighted by molar-refractivity contribution is 5.41. The van der Waals surface area contributed by atoms with Gasteiger partial charge in [-0.3, -0.25) is 0 Å². The third-order valence-electron chi connectivity index (χ3n) is 3.60. The van der Waals surface area contributed by atoms with Crippen molar-refractivity contribution < 1.29 is 0 Å². The molecule has 2 rings (SSSR count). The van der Waals surface area contributed by atoms with E-state index >= 15 is 0 Å². The van der Waals surface area contributed by atoms with Crippen LogP contribution in [0.25, 0.3) is 0 Å². The Balaban J connectivity index is 2.03. The molecule has 3 nitrogen and oxygen atoms in total. The van der Waals surface area contributed by atoms with E-state index < -0.39 is 0 Å². The topological polar surface area (TPSA) is 28.2 Å². The predicted molar refractivity (Wildman–Crippen MR) is 72.2 cm³/mol. The van der Waals surface area contributed by atoms with E-state index in [9.17, 15) is 0 Å². The maximum absolute atomic E-state index is 4.50. The first-order chi connectivity index (χ1) is 8.33. The summed E-state index contributed by atoms with van der Waals surface area (Å²) >= 11 is 0. The Hall–Kier alpha value is -1.09. The van der Waals surface area contributed by atoms with Crippen molar-refractivity contribution in [2.45, 2.75) is 32.7 Å². The summed E-state index contributed by atoms with van der Waals surface area (Å²) in [6.45, 7) is 5.35. The number of hydrogen-bond acceptors (Lipinski definition) is 3. The van der Waals surface area contributed by atoms with Gasteiger partial charge in [0.1, 0.15) is 5.82 Å². The highest BCUT2D eigenvalue weighted by Crippen LogP contribution is 2.28. The molecule has 0 saturated heterocycles. The van der Waals surface area contributed by atoms with Gasteiger partial charge in [-0.15, -0.1) is 0 Å². The van der Waals surface area contributed by atoms with Crippen LogP contribution in [0.3, 0.4) is 0 Å². The van der Waals surface area contributed by atoms with E-state index in [0.717, 1.165) is 24.8 Å². The molecule has 0 atom stereocenters. The molecule has 1 saturated carbocycles. The highest BCUT2D eigenvalue weighted by Gasteiger charge is 2.20. The maximum atomic E-state index is 4.50. The fourth-order valence-corrected chi connectivity index (χ4v) is 2.32. The average molecular weight is 233 g/mol. The summed E-state index contributed by atoms with van der Waals surface area (Å²) in [4.78, 5) is 6.91. The van der Waals surface area contributed by atoms with Gasteiger partial charge in [0, 0.05) is 25.8 Å². The second kappa shape index (κ2) is 6.01. The van der Waals surface area contributed by atoms with Crippen LogP contribution in [-0.4, -0.2) is 25.1 Å². The minimum absolute atomic E-state index is 0.893. The zero-order valence-electron chi connectivity index (χ0n) is 10.9. The van der Waals surface area contributed by atoms with Gasteiger partial charge in [0.2, 0.25) is 0 Å². The minimum atomic E-state index is 0.893. The summed E-state index contributed by atoms with van der Waals surface area (Å²) in [5.74, 6) is 2.02. The molecule has 0 aliphatic heterocycles. The Morgan fingerprint density at radius 2 is 2.29 bits per heavy atom. The maximum Gasteiger partial charge on any atom is 0.128 e. The monoisotopic (exact) mass is 233 g/mol. The van der Waals surface area contributed by atoms with Crippen molar-refractivity contribution in [1.29, 1.82) is 0 Å². The van der Waals surface area contributed by atoms with Gasteiger partial charge in [0.05, 0.1) is 0 Å². The first kappa shape index (κ1) is 12.4. The highest BCUT2D eigenvalue weighted by atomic mass is 15.2. The number of nitrogens with one attached hydrogen (secondary N) is 1. The standard InChI is InChI=1S/C14H23N3/c1-3-17(11-12-5-4-6-12)14-9-13(10-15-2)7-8-16-14/h7-9,12,15H,3-6,10-11H2,1-2H3. The molecule has 0 radical (unpaired) electrons. The van der Waals surface area contributed by atoms with Crippen molar-refractivity contribution in [1.82, 2.24) is 10.3 Å². The number of aromatic nitrogens is 1. The third kappa shape index (κ3) is 3.19. The molecule has 1 aliphatic carbocycles. The Labute approximate surface area is 104 Å². The minimum Gasteiger partial charge on any atom is -0.357 e. The number of rotatable bonds is 6. The molecule has 3 heteroatoms. The number of pyridine rings is 1. The van der Waals surface area contributed by atoms with E-state index in [1.165, 1.54) is 31.4 Å². The van der Waals surface area contributed by atoms with Crippen LogP contribution in [0.4, 0.5) is 5.82 Å². The molecule has 94 valence electrons. The van der Waals surface area contributed by atoms with Crippen molar-refractivity contribution in [3.8, 4) is 0 Å². The molecule has 1 aromatic heterocycles. The average Bonchev–Trinajstić information content (AvgIpc) is 2.29. The number of nitrogens with zero attached hydrogens (tertiary/aromatic N) is 2. The lowest BCUT2D eigenvalue weighted by atomic mass is 9.85. The van der Waals surface area contributed by atoms with Gasteiger partial charge in [0.25, 0.3) is 0 Å². The largest absolute Gasteiger partial charge is 0.357 e. The van der Waals surface area contributed by atoms with Crippen LogP contribution in [0.5, 0.6) is 0 Å². The van der Waals surface area contributed by atoms with Gasteiger partial charge >= 0.3 is 0 Å². The van der Waals surface area contributed by atoms with Crippen LogP contribution in [0.2, 0.25) is 0 Å². The molecule has 0 amide bonds. The fraction of sp³-hybridized carbons (Fsp3) is 0.643. The quantitative estimate of drug-likeness (QED) is 0.818. The molecular formula is C14H23N3. The summed E-state index contributed by atoms with van der Waals surface area (Å²) in [5, 5.41) is 3.18. The Bertz CT molecular complexity index is 347. The first-order valence-electron chi connectivity index (χ1n) is 6.68. The molecule has 1 fully saturated rings. The Morgan fingerprint density at radius 1 is 1.47 bits per heavy atom. The lowest BCUT2D eigenvalue weighted by Crippen LogP contribution is -2.33. The number of anilines is 1. The van der Waals surface area contributed by atoms with Gasteiger partial charge in [-0.1, -0.05) is 6.42 Å². The molecule has 0 aromatic carbocycles. The molecule has 1 aliphatic rings. The molecule has 1 N–H and O–H groups in total. The van der Waals surface area contributed by atoms with Crippen molar-refractivity contribution in [2.24, 2.45) is 5.92 Å². The van der Waals surface area contributed by atoms with E-state index in [0.29, 0.717) is 0 Å². The Morgan fingerprint density at radius 3 is 2.88 bits per heavy atom. The summed E-state index contributed by atoms with van der Waals surface area (Å²) in [6, 6.07) is 4.29. The summed E-state index contributed by atoms with van der Waals surface area (Å²) in [6.07, 6.45) is 6.13. The smallest absolute Gasteiger partial charge is 0.128 e. The van der Waals surface area contributed by atoms with Gasteiger partial charge in [-0.25, -0.2) is 4.98 Å². The summed E-state index contributed by atoms with van der Waals surface area (Å²) in [5.41, 5.74) is 1.31. The van der Waals surface area contributed by atoms with E-state index in [-0.39, 0.29) is 0 Å². The molecule has 0 bridgehead atoms. The van der Waals surface area contributed by atoms with Crippen molar-refractivity contribution in [3.05, 3.63) is 23.9 Å². The second-order valence-corrected chi connectivity index (χ2v) is 4.89. The van der Waals surface area contributed by atoms with Gasteiger partial charge in [-0.05, 0) is 50.4 Å². The van der Waals surface area contributed by atoms with E-state index in [2.05, 4.69) is 34.3 Å². The van der Waals surface area contributed by atoms with Gasteiger partial charge < -0.3 is 10.2 Å². The normalized spacial score (nSPS) is 15.6. The van der Waals surface area contributed by atoms with Crippen LogP contribution < -0.4 is 10.2 Å². The van der Waals surface area contributed by atoms with Crippen LogP contribution in [-0.2, 0) is 6.54 Å². The van der Waals surface area contributed by atoms with E-state index in [1.54, 1.807) is 0 Å². The zero-order valence-corrected chi connectivity index (χ0v) is 10.9. The SMILES string of the molecule is CCN(CC1CCC1)c1cc(CNC)ccn1. The molecular weight excluding hydrogens is 210 g/mol. The molecule has 17 heavy (non-hydrogen) atoms. The molecule has 1 heterocycles. The molecule has 0 unspecified atom stereocenters. The summed E-state index contributed by atoms with van der Waals surface area (Å²) in [7, 11) is 1.98. The van der Waals surface area contributed by atoms with Crippen molar-refractivity contribution >= 4 is 5.82 Å². The first-order valence-corrected chi connectivity index (χ1v) is 6.68. The third-order valence-corrected chi connectivity index (χ3v) is 3.60. The van der Waals surface area contributed by atoms with Crippen LogP contribution in [0.1, 0.15) is 31.7 Å².